The van der Waals surface area contributed by atoms with Crippen LogP contribution in [0.3, 0.4) is 0 Å². The molecule has 10 rings (SSSR count). The fraction of sp³-hybridized carbons (Fsp3) is 0.100. The van der Waals surface area contributed by atoms with Gasteiger partial charge in [0.05, 0.1) is 15.3 Å². The summed E-state index contributed by atoms with van der Waals surface area (Å²) >= 11 is 0. The normalized spacial score (nSPS) is 15.2. The third-order valence-corrected chi connectivity index (χ3v) is 22.8. The summed E-state index contributed by atoms with van der Waals surface area (Å²) in [7, 11) is -8.58. The quantitative estimate of drug-likeness (QED) is 0.0968. The van der Waals surface area contributed by atoms with Crippen LogP contribution in [0.4, 0.5) is 0 Å². The molecule has 1 aliphatic rings. The van der Waals surface area contributed by atoms with Crippen LogP contribution in [-0.4, -0.2) is 34.5 Å². The molecule has 0 bridgehead atoms. The van der Waals surface area contributed by atoms with Crippen LogP contribution in [0.15, 0.2) is 249 Å². The predicted molar refractivity (Wildman–Crippen MR) is 280 cm³/mol. The fourth-order valence-electron chi connectivity index (χ4n) is 9.69. The maximum Gasteiger partial charge on any atom is 0.494 e. The lowest BCUT2D eigenvalue weighted by molar-refractivity contribution is 0.00578. The zero-order valence-electron chi connectivity index (χ0n) is 40.3. The molecule has 0 atom stereocenters. The maximum atomic E-state index is 11.3. The summed E-state index contributed by atoms with van der Waals surface area (Å²) in [5.74, 6) is 0. The van der Waals surface area contributed by atoms with Crippen LogP contribution in [0.25, 0.3) is 22.3 Å². The van der Waals surface area contributed by atoms with Gasteiger partial charge in [-0.05, 0) is 96.9 Å². The number of benzene rings is 9. The second kappa shape index (κ2) is 17.4. The molecule has 0 unspecified atom stereocenters. The Labute approximate surface area is 391 Å². The van der Waals surface area contributed by atoms with Gasteiger partial charge < -0.3 is 9.31 Å². The van der Waals surface area contributed by atoms with E-state index in [9.17, 15) is 4.11 Å². The standard InChI is InChI=1S/C60H53BO2Si2/c1-59(2)60(3,4)63-61(62-59)50-43-57(64(51-31-15-7-16-32-51,52-33-17-8-18-34-52)55-39-23-29-48(41-55)46-25-11-5-12-26-46)45-58(44-50)65(53-35-19-9-20-36-53,54-37-21-10-22-38-54)56-40-24-30-49(42-56)47-27-13-6-14-28-47/h5-45H,1-4H3/i43D,44D,45D. The van der Waals surface area contributed by atoms with E-state index in [0.717, 1.165) is 53.4 Å². The van der Waals surface area contributed by atoms with Crippen molar-refractivity contribution in [2.45, 2.75) is 38.9 Å². The molecule has 2 nitrogen and oxygen atoms in total. The molecule has 316 valence electrons. The second-order valence-electron chi connectivity index (χ2n) is 18.0. The average molecular weight is 876 g/mol. The van der Waals surface area contributed by atoms with E-state index in [0.29, 0.717) is 15.8 Å². The molecule has 0 N–H and O–H groups in total. The molecule has 1 saturated heterocycles. The minimum Gasteiger partial charge on any atom is -0.399 e. The third kappa shape index (κ3) is 7.58. The summed E-state index contributed by atoms with van der Waals surface area (Å²) in [6.07, 6.45) is 0. The van der Waals surface area contributed by atoms with Gasteiger partial charge in [0.1, 0.15) is 0 Å². The van der Waals surface area contributed by atoms with Gasteiger partial charge in [0.2, 0.25) is 0 Å². The SMILES string of the molecule is [2H]c1c(B2OC(C)(C)C(C)(C)O2)c([2H])c([Si](c2ccccc2)(c2ccccc2)c2cccc(-c3ccccc3)c2)c([2H])c1[Si](c1ccccc1)(c1ccccc1)c1cccc(-c2ccccc2)c1. The van der Waals surface area contributed by atoms with Crippen molar-refractivity contribution in [1.82, 2.24) is 0 Å². The zero-order chi connectivity index (χ0) is 47.1. The Morgan fingerprint density at radius 2 is 0.600 bits per heavy atom. The van der Waals surface area contributed by atoms with Gasteiger partial charge in [0, 0.05) is 0 Å². The van der Waals surface area contributed by atoms with Crippen molar-refractivity contribution in [2.24, 2.45) is 0 Å². The largest absolute Gasteiger partial charge is 0.494 e. The maximum absolute atomic E-state index is 11.3. The zero-order valence-corrected chi connectivity index (χ0v) is 39.3. The Morgan fingerprint density at radius 1 is 0.323 bits per heavy atom. The van der Waals surface area contributed by atoms with Crippen LogP contribution in [0.5, 0.6) is 0 Å². The van der Waals surface area contributed by atoms with E-state index in [4.69, 9.17) is 9.31 Å². The summed E-state index contributed by atoms with van der Waals surface area (Å²) in [4.78, 5) is 0. The topological polar surface area (TPSA) is 18.5 Å². The lowest BCUT2D eigenvalue weighted by Crippen LogP contribution is -2.78. The van der Waals surface area contributed by atoms with E-state index in [2.05, 4.69) is 194 Å². The van der Waals surface area contributed by atoms with Gasteiger partial charge in [-0.2, -0.15) is 0 Å². The van der Waals surface area contributed by atoms with Gasteiger partial charge >= 0.3 is 7.12 Å². The molecule has 1 aliphatic heterocycles. The van der Waals surface area contributed by atoms with E-state index < -0.39 is 34.5 Å². The minimum absolute atomic E-state index is 0.105. The minimum atomic E-state index is -3.75. The van der Waals surface area contributed by atoms with Crippen molar-refractivity contribution >= 4 is 70.2 Å². The Bertz CT molecular complexity index is 2920. The summed E-state index contributed by atoms with van der Waals surface area (Å²) in [5, 5.41) is 7.36. The number of hydrogen-bond donors (Lipinski definition) is 0. The molecule has 9 aromatic rings. The molecule has 5 heteroatoms. The van der Waals surface area contributed by atoms with Gasteiger partial charge in [-0.25, -0.2) is 0 Å². The molecule has 0 saturated carbocycles. The van der Waals surface area contributed by atoms with Crippen molar-refractivity contribution < 1.29 is 13.4 Å². The van der Waals surface area contributed by atoms with Crippen LogP contribution in [-0.2, 0) is 9.31 Å². The van der Waals surface area contributed by atoms with Crippen molar-refractivity contribution in [2.75, 3.05) is 0 Å². The lowest BCUT2D eigenvalue weighted by atomic mass is 9.79. The highest BCUT2D eigenvalue weighted by molar-refractivity contribution is 7.22. The summed E-state index contributed by atoms with van der Waals surface area (Å²) < 4.78 is 47.1. The smallest absolute Gasteiger partial charge is 0.399 e. The summed E-state index contributed by atoms with van der Waals surface area (Å²) in [6, 6.07) is 80.9. The van der Waals surface area contributed by atoms with Crippen LogP contribution in [0.2, 0.25) is 0 Å². The van der Waals surface area contributed by atoms with Gasteiger partial charge in [-0.15, -0.1) is 0 Å². The van der Waals surface area contributed by atoms with Crippen molar-refractivity contribution in [3.8, 4) is 22.3 Å². The molecule has 0 aliphatic carbocycles. The molecule has 1 fully saturated rings. The Hall–Kier alpha value is -6.60. The fourth-order valence-corrected chi connectivity index (χ4v) is 19.0. The highest BCUT2D eigenvalue weighted by Gasteiger charge is 2.53. The van der Waals surface area contributed by atoms with Crippen molar-refractivity contribution in [3.63, 3.8) is 0 Å². The molecular formula is C60H53BO2Si2. The highest BCUT2D eigenvalue weighted by atomic mass is 28.3. The Balaban J connectivity index is 1.44. The molecule has 0 amide bonds. The van der Waals surface area contributed by atoms with E-state index in [1.54, 1.807) is 0 Å². The summed E-state index contributed by atoms with van der Waals surface area (Å²) in [5.41, 5.74) is 3.04. The predicted octanol–water partition coefficient (Wildman–Crippen LogP) is 8.07. The van der Waals surface area contributed by atoms with Crippen LogP contribution < -0.4 is 47.0 Å². The van der Waals surface area contributed by atoms with Gasteiger partial charge in [0.25, 0.3) is 0 Å². The Morgan fingerprint density at radius 3 is 0.923 bits per heavy atom. The van der Waals surface area contributed by atoms with Gasteiger partial charge in [-0.1, -0.05) is 249 Å². The van der Waals surface area contributed by atoms with Gasteiger partial charge in [0.15, 0.2) is 16.1 Å². The van der Waals surface area contributed by atoms with E-state index in [1.165, 1.54) is 0 Å². The molecule has 0 spiro atoms. The first-order valence-corrected chi connectivity index (χ1v) is 26.5. The monoisotopic (exact) mass is 875 g/mol. The average Bonchev–Trinajstić information content (AvgIpc) is 3.60. The van der Waals surface area contributed by atoms with Crippen LogP contribution in [0, 0.1) is 0 Å². The first-order valence-electron chi connectivity index (χ1n) is 24.0. The van der Waals surface area contributed by atoms with E-state index >= 15 is 0 Å². The third-order valence-electron chi connectivity index (χ3n) is 13.6. The van der Waals surface area contributed by atoms with E-state index in [-0.39, 0.29) is 18.1 Å². The van der Waals surface area contributed by atoms with Crippen molar-refractivity contribution in [1.29, 1.82) is 0 Å². The molecule has 1 heterocycles. The first-order chi connectivity index (χ1) is 33.0. The Kier molecular flexibility index (Phi) is 10.4. The molecule has 0 radical (unpaired) electrons. The summed E-state index contributed by atoms with van der Waals surface area (Å²) in [6.45, 7) is 8.08. The van der Waals surface area contributed by atoms with E-state index in [1.807, 2.05) is 64.1 Å². The highest BCUT2D eigenvalue weighted by Crippen LogP contribution is 2.36. The number of hydrogen-bond acceptors (Lipinski definition) is 2. The van der Waals surface area contributed by atoms with Crippen molar-refractivity contribution in [3.05, 3.63) is 249 Å². The second-order valence-corrected chi connectivity index (χ2v) is 25.4. The van der Waals surface area contributed by atoms with Crippen LogP contribution in [0.1, 0.15) is 31.8 Å². The van der Waals surface area contributed by atoms with Gasteiger partial charge in [-0.3, -0.25) is 0 Å². The lowest BCUT2D eigenvalue weighted by Gasteiger charge is -2.39. The molecule has 9 aromatic carbocycles. The van der Waals surface area contributed by atoms with Crippen LogP contribution >= 0.6 is 0 Å². The number of rotatable bonds is 11. The molecule has 65 heavy (non-hydrogen) atoms. The molecule has 0 aromatic heterocycles. The first kappa shape index (κ1) is 38.8. The molecular weight excluding hydrogens is 820 g/mol.